The van der Waals surface area contributed by atoms with E-state index in [4.69, 9.17) is 9.47 Å². The van der Waals surface area contributed by atoms with Crippen LogP contribution in [0.4, 0.5) is 5.69 Å². The maximum atomic E-state index is 12.5. The zero-order valence-corrected chi connectivity index (χ0v) is 20.1. The zero-order chi connectivity index (χ0) is 25.1. The van der Waals surface area contributed by atoms with E-state index in [1.54, 1.807) is 62.4 Å². The second-order valence-corrected chi connectivity index (χ2v) is 8.13. The fourth-order valence-corrected chi connectivity index (χ4v) is 2.82. The molecule has 0 heterocycles. The molecule has 2 rings (SSSR count). The van der Waals surface area contributed by atoms with Crippen LogP contribution in [0.3, 0.4) is 0 Å². The first-order valence-electron chi connectivity index (χ1n) is 11.4. The summed E-state index contributed by atoms with van der Waals surface area (Å²) in [5.41, 5.74) is 1.29. The first-order valence-corrected chi connectivity index (χ1v) is 11.4. The Morgan fingerprint density at radius 2 is 1.50 bits per heavy atom. The first kappa shape index (κ1) is 26.6. The standard InChI is InChI=1S/C26H32N2O6/c1-5-6-15-33-22-13-9-20(10-14-22)26(32)27-16-23(29)34-18(4)24(30)19-7-11-21(12-8-19)28-25(31)17(2)3/h7-14,17-18H,5-6,15-16H2,1-4H3,(H,27,32)(H,28,31). The molecule has 182 valence electrons. The molecule has 0 aliphatic heterocycles. The van der Waals surface area contributed by atoms with Crippen molar-refractivity contribution in [3.05, 3.63) is 59.7 Å². The molecule has 0 aliphatic rings. The maximum Gasteiger partial charge on any atom is 0.326 e. The number of hydrogen-bond acceptors (Lipinski definition) is 6. The Morgan fingerprint density at radius 1 is 0.882 bits per heavy atom. The average Bonchev–Trinajstić information content (AvgIpc) is 2.83. The second-order valence-electron chi connectivity index (χ2n) is 8.13. The Hall–Kier alpha value is -3.68. The number of carbonyl (C=O) groups excluding carboxylic acids is 4. The van der Waals surface area contributed by atoms with Crippen molar-refractivity contribution in [2.24, 2.45) is 5.92 Å². The van der Waals surface area contributed by atoms with Crippen LogP contribution in [0.1, 0.15) is 61.3 Å². The Morgan fingerprint density at radius 3 is 2.09 bits per heavy atom. The highest BCUT2D eigenvalue weighted by molar-refractivity contribution is 6.01. The molecule has 8 nitrogen and oxygen atoms in total. The van der Waals surface area contributed by atoms with Gasteiger partial charge in [0.1, 0.15) is 12.3 Å². The van der Waals surface area contributed by atoms with E-state index >= 15 is 0 Å². The summed E-state index contributed by atoms with van der Waals surface area (Å²) in [6.07, 6.45) is 0.957. The van der Waals surface area contributed by atoms with Gasteiger partial charge in [0.2, 0.25) is 11.7 Å². The molecule has 34 heavy (non-hydrogen) atoms. The number of carbonyl (C=O) groups is 4. The molecule has 0 fully saturated rings. The summed E-state index contributed by atoms with van der Waals surface area (Å²) in [7, 11) is 0. The van der Waals surface area contributed by atoms with Gasteiger partial charge in [0, 0.05) is 22.7 Å². The highest BCUT2D eigenvalue weighted by Gasteiger charge is 2.20. The molecule has 0 spiro atoms. The molecular weight excluding hydrogens is 436 g/mol. The summed E-state index contributed by atoms with van der Waals surface area (Å²) >= 11 is 0. The number of benzene rings is 2. The third-order valence-corrected chi connectivity index (χ3v) is 4.92. The molecule has 1 atom stereocenters. The lowest BCUT2D eigenvalue weighted by Gasteiger charge is -2.13. The van der Waals surface area contributed by atoms with Gasteiger partial charge in [0.15, 0.2) is 6.10 Å². The molecular formula is C26H32N2O6. The van der Waals surface area contributed by atoms with Gasteiger partial charge in [0.05, 0.1) is 6.61 Å². The molecule has 2 amide bonds. The predicted octanol–water partition coefficient (Wildman–Crippen LogP) is 4.00. The van der Waals surface area contributed by atoms with Gasteiger partial charge in [-0.05, 0) is 61.9 Å². The van der Waals surface area contributed by atoms with Gasteiger partial charge >= 0.3 is 5.97 Å². The number of unbranched alkanes of at least 4 members (excludes halogenated alkanes) is 1. The van der Waals surface area contributed by atoms with Crippen molar-refractivity contribution in [1.82, 2.24) is 5.32 Å². The molecule has 0 aromatic heterocycles. The van der Waals surface area contributed by atoms with E-state index in [1.165, 1.54) is 6.92 Å². The fourth-order valence-electron chi connectivity index (χ4n) is 2.82. The summed E-state index contributed by atoms with van der Waals surface area (Å²) in [6.45, 7) is 7.35. The van der Waals surface area contributed by atoms with Crippen LogP contribution < -0.4 is 15.4 Å². The van der Waals surface area contributed by atoms with E-state index in [-0.39, 0.29) is 24.2 Å². The van der Waals surface area contributed by atoms with Crippen LogP contribution >= 0.6 is 0 Å². The van der Waals surface area contributed by atoms with Crippen LogP contribution in [-0.2, 0) is 14.3 Å². The van der Waals surface area contributed by atoms with E-state index in [9.17, 15) is 19.2 Å². The number of Topliss-reactive ketones (excluding diaryl/α,β-unsaturated/α-hetero) is 1. The quantitative estimate of drug-likeness (QED) is 0.277. The van der Waals surface area contributed by atoms with Gasteiger partial charge in [-0.1, -0.05) is 27.2 Å². The molecule has 0 aliphatic carbocycles. The van der Waals surface area contributed by atoms with Crippen LogP contribution in [0, 0.1) is 5.92 Å². The summed E-state index contributed by atoms with van der Waals surface area (Å²) in [5.74, 6) is -1.17. The minimum absolute atomic E-state index is 0.125. The lowest BCUT2D eigenvalue weighted by atomic mass is 10.1. The normalized spacial score (nSPS) is 11.4. The van der Waals surface area contributed by atoms with Gasteiger partial charge in [-0.15, -0.1) is 0 Å². The van der Waals surface area contributed by atoms with Crippen LogP contribution in [0.25, 0.3) is 0 Å². The van der Waals surface area contributed by atoms with E-state index in [0.29, 0.717) is 29.2 Å². The van der Waals surface area contributed by atoms with Crippen LogP contribution in [0.2, 0.25) is 0 Å². The van der Waals surface area contributed by atoms with Crippen LogP contribution in [0.15, 0.2) is 48.5 Å². The van der Waals surface area contributed by atoms with Crippen molar-refractivity contribution in [3.63, 3.8) is 0 Å². The minimum Gasteiger partial charge on any atom is -0.494 e. The van der Waals surface area contributed by atoms with Crippen molar-refractivity contribution < 1.29 is 28.7 Å². The topological polar surface area (TPSA) is 111 Å². The molecule has 2 aromatic carbocycles. The Kier molecular flexibility index (Phi) is 10.3. The van der Waals surface area contributed by atoms with Crippen molar-refractivity contribution in [2.75, 3.05) is 18.5 Å². The highest BCUT2D eigenvalue weighted by Crippen LogP contribution is 2.14. The molecule has 2 aromatic rings. The number of esters is 1. The summed E-state index contributed by atoms with van der Waals surface area (Å²) in [6, 6.07) is 13.0. The van der Waals surface area contributed by atoms with Crippen molar-refractivity contribution >= 4 is 29.3 Å². The fraction of sp³-hybridized carbons (Fsp3) is 0.385. The van der Waals surface area contributed by atoms with Gasteiger partial charge in [-0.25, -0.2) is 0 Å². The first-order chi connectivity index (χ1) is 16.2. The zero-order valence-electron chi connectivity index (χ0n) is 20.1. The molecule has 0 bridgehead atoms. The van der Waals surface area contributed by atoms with E-state index < -0.39 is 18.0 Å². The Bertz CT molecular complexity index is 983. The summed E-state index contributed by atoms with van der Waals surface area (Å²) < 4.78 is 10.7. The molecule has 2 N–H and O–H groups in total. The van der Waals surface area contributed by atoms with E-state index in [1.807, 2.05) is 0 Å². The van der Waals surface area contributed by atoms with Gasteiger partial charge in [-0.2, -0.15) is 0 Å². The van der Waals surface area contributed by atoms with Crippen molar-refractivity contribution in [2.45, 2.75) is 46.6 Å². The molecule has 1 unspecified atom stereocenters. The van der Waals surface area contributed by atoms with Gasteiger partial charge in [0.25, 0.3) is 5.91 Å². The number of anilines is 1. The van der Waals surface area contributed by atoms with Gasteiger partial charge in [-0.3, -0.25) is 19.2 Å². The highest BCUT2D eigenvalue weighted by atomic mass is 16.5. The average molecular weight is 469 g/mol. The Balaban J connectivity index is 1.81. The van der Waals surface area contributed by atoms with Crippen LogP contribution in [-0.4, -0.2) is 42.8 Å². The van der Waals surface area contributed by atoms with Crippen molar-refractivity contribution in [3.8, 4) is 5.75 Å². The van der Waals surface area contributed by atoms with Crippen molar-refractivity contribution in [1.29, 1.82) is 0 Å². The molecule has 0 saturated heterocycles. The third-order valence-electron chi connectivity index (χ3n) is 4.92. The number of ether oxygens (including phenoxy) is 2. The van der Waals surface area contributed by atoms with Crippen LogP contribution in [0.5, 0.6) is 5.75 Å². The summed E-state index contributed by atoms with van der Waals surface area (Å²) in [4.78, 5) is 48.7. The number of nitrogens with one attached hydrogen (secondary N) is 2. The minimum atomic E-state index is -1.03. The lowest BCUT2D eigenvalue weighted by Crippen LogP contribution is -2.34. The van der Waals surface area contributed by atoms with Gasteiger partial charge < -0.3 is 20.1 Å². The number of hydrogen-bond donors (Lipinski definition) is 2. The number of amides is 2. The van der Waals surface area contributed by atoms with E-state index in [0.717, 1.165) is 12.8 Å². The van der Waals surface area contributed by atoms with E-state index in [2.05, 4.69) is 17.6 Å². The predicted molar refractivity (Wildman–Crippen MR) is 129 cm³/mol. The monoisotopic (exact) mass is 468 g/mol. The Labute approximate surface area is 200 Å². The summed E-state index contributed by atoms with van der Waals surface area (Å²) in [5, 5.41) is 5.22. The lowest BCUT2D eigenvalue weighted by molar-refractivity contribution is -0.145. The molecule has 0 radical (unpaired) electrons. The third kappa shape index (κ3) is 8.35. The maximum absolute atomic E-state index is 12.5. The second kappa shape index (κ2) is 13.1. The largest absolute Gasteiger partial charge is 0.494 e. The molecule has 8 heteroatoms. The smallest absolute Gasteiger partial charge is 0.326 e. The SMILES string of the molecule is CCCCOc1ccc(C(=O)NCC(=O)OC(C)C(=O)c2ccc(NC(=O)C(C)C)cc2)cc1. The number of ketones is 1. The molecule has 0 saturated carbocycles. The number of rotatable bonds is 12.